The van der Waals surface area contributed by atoms with Crippen LogP contribution in [0.4, 0.5) is 5.82 Å². The van der Waals surface area contributed by atoms with E-state index in [0.29, 0.717) is 12.5 Å². The number of aromatic nitrogens is 1. The summed E-state index contributed by atoms with van der Waals surface area (Å²) >= 11 is 5.89. The first-order chi connectivity index (χ1) is 9.50. The molecular formula is C13H18ClN3O2S. The molecule has 20 heavy (non-hydrogen) atoms. The van der Waals surface area contributed by atoms with Gasteiger partial charge in [0.1, 0.15) is 10.7 Å². The predicted molar refractivity (Wildman–Crippen MR) is 77.9 cm³/mol. The van der Waals surface area contributed by atoms with Crippen molar-refractivity contribution in [2.45, 2.75) is 43.0 Å². The quantitative estimate of drug-likeness (QED) is 0.908. The van der Waals surface area contributed by atoms with Crippen LogP contribution in [0.2, 0.25) is 5.02 Å². The highest BCUT2D eigenvalue weighted by Crippen LogP contribution is 2.39. The second-order valence-electron chi connectivity index (χ2n) is 5.55. The van der Waals surface area contributed by atoms with Crippen LogP contribution in [0.15, 0.2) is 17.2 Å². The number of anilines is 1. The lowest BCUT2D eigenvalue weighted by molar-refractivity contribution is 0.260. The van der Waals surface area contributed by atoms with Gasteiger partial charge in [0.05, 0.1) is 5.02 Å². The van der Waals surface area contributed by atoms with Gasteiger partial charge >= 0.3 is 0 Å². The van der Waals surface area contributed by atoms with Crippen LogP contribution in [-0.4, -0.2) is 30.3 Å². The highest BCUT2D eigenvalue weighted by molar-refractivity contribution is 7.89. The first-order valence-corrected chi connectivity index (χ1v) is 8.75. The SMILES string of the molecule is Nc1ncc(S(=O)(=O)N2CCC3CCCCC32)cc1Cl. The summed E-state index contributed by atoms with van der Waals surface area (Å²) in [7, 11) is -3.52. The molecule has 0 amide bonds. The molecule has 0 bridgehead atoms. The van der Waals surface area contributed by atoms with Gasteiger partial charge in [-0.2, -0.15) is 4.31 Å². The van der Waals surface area contributed by atoms with Gasteiger partial charge in [-0.25, -0.2) is 13.4 Å². The number of nitrogens with two attached hydrogens (primary N) is 1. The van der Waals surface area contributed by atoms with Crippen molar-refractivity contribution in [3.8, 4) is 0 Å². The van der Waals surface area contributed by atoms with Crippen LogP contribution in [0.1, 0.15) is 32.1 Å². The summed E-state index contributed by atoms with van der Waals surface area (Å²) in [5, 5.41) is 0.186. The molecule has 1 aromatic heterocycles. The van der Waals surface area contributed by atoms with E-state index in [0.717, 1.165) is 25.7 Å². The number of nitrogens with zero attached hydrogens (tertiary/aromatic N) is 2. The van der Waals surface area contributed by atoms with E-state index in [9.17, 15) is 8.42 Å². The number of hydrogen-bond acceptors (Lipinski definition) is 4. The third-order valence-electron chi connectivity index (χ3n) is 4.41. The molecule has 1 aliphatic heterocycles. The molecule has 2 fully saturated rings. The van der Waals surface area contributed by atoms with Gasteiger partial charge < -0.3 is 5.73 Å². The van der Waals surface area contributed by atoms with Gasteiger partial charge in [0, 0.05) is 18.8 Å². The molecule has 2 unspecified atom stereocenters. The Labute approximate surface area is 124 Å². The van der Waals surface area contributed by atoms with E-state index in [-0.39, 0.29) is 21.8 Å². The molecule has 5 nitrogen and oxygen atoms in total. The molecule has 2 aliphatic rings. The Morgan fingerprint density at radius 3 is 2.80 bits per heavy atom. The zero-order valence-corrected chi connectivity index (χ0v) is 12.7. The van der Waals surface area contributed by atoms with E-state index in [1.165, 1.54) is 18.7 Å². The average Bonchev–Trinajstić information content (AvgIpc) is 2.86. The standard InChI is InChI=1S/C13H18ClN3O2S/c14-11-7-10(8-16-13(11)15)20(18,19)17-6-5-9-3-1-2-4-12(9)17/h7-9,12H,1-6H2,(H2,15,16). The maximum Gasteiger partial charge on any atom is 0.244 e. The number of nitrogen functional groups attached to an aromatic ring is 1. The largest absolute Gasteiger partial charge is 0.382 e. The summed E-state index contributed by atoms with van der Waals surface area (Å²) in [6.45, 7) is 0.597. The van der Waals surface area contributed by atoms with Crippen LogP contribution in [0.3, 0.4) is 0 Å². The first-order valence-electron chi connectivity index (χ1n) is 6.93. The normalized spacial score (nSPS) is 27.4. The minimum absolute atomic E-state index is 0.142. The maximum absolute atomic E-state index is 12.7. The predicted octanol–water partition coefficient (Wildman–Crippen LogP) is 2.27. The lowest BCUT2D eigenvalue weighted by atomic mass is 9.86. The van der Waals surface area contributed by atoms with Crippen LogP contribution < -0.4 is 5.73 Å². The molecule has 2 atom stereocenters. The van der Waals surface area contributed by atoms with E-state index in [4.69, 9.17) is 17.3 Å². The van der Waals surface area contributed by atoms with Crippen LogP contribution >= 0.6 is 11.6 Å². The van der Waals surface area contributed by atoms with Crippen LogP contribution in [0, 0.1) is 5.92 Å². The number of sulfonamides is 1. The van der Waals surface area contributed by atoms with Gasteiger partial charge in [0.15, 0.2) is 0 Å². The van der Waals surface area contributed by atoms with Crippen molar-refractivity contribution in [3.05, 3.63) is 17.3 Å². The first kappa shape index (κ1) is 14.1. The molecule has 2 N–H and O–H groups in total. The van der Waals surface area contributed by atoms with E-state index < -0.39 is 10.0 Å². The lowest BCUT2D eigenvalue weighted by Gasteiger charge is -2.30. The van der Waals surface area contributed by atoms with E-state index in [2.05, 4.69) is 4.98 Å². The van der Waals surface area contributed by atoms with Crippen LogP contribution in [0.5, 0.6) is 0 Å². The molecule has 1 aromatic rings. The van der Waals surface area contributed by atoms with Crippen molar-refractivity contribution in [1.82, 2.24) is 9.29 Å². The summed E-state index contributed by atoms with van der Waals surface area (Å²) in [5.41, 5.74) is 5.54. The third-order valence-corrected chi connectivity index (χ3v) is 6.60. The summed E-state index contributed by atoms with van der Waals surface area (Å²) < 4.78 is 27.1. The number of rotatable bonds is 2. The Morgan fingerprint density at radius 2 is 2.05 bits per heavy atom. The summed E-state index contributed by atoms with van der Waals surface area (Å²) in [5.74, 6) is 0.665. The zero-order chi connectivity index (χ0) is 14.3. The summed E-state index contributed by atoms with van der Waals surface area (Å²) in [6, 6.07) is 1.54. The fraction of sp³-hybridized carbons (Fsp3) is 0.615. The Balaban J connectivity index is 1.93. The van der Waals surface area contributed by atoms with Gasteiger partial charge in [-0.05, 0) is 31.2 Å². The van der Waals surface area contributed by atoms with E-state index >= 15 is 0 Å². The molecular weight excluding hydrogens is 298 g/mol. The highest BCUT2D eigenvalue weighted by Gasteiger charge is 2.42. The fourth-order valence-corrected chi connectivity index (χ4v) is 5.30. The van der Waals surface area contributed by atoms with Crippen molar-refractivity contribution in [2.24, 2.45) is 5.92 Å². The highest BCUT2D eigenvalue weighted by atomic mass is 35.5. The van der Waals surface area contributed by atoms with Gasteiger partial charge in [-0.3, -0.25) is 0 Å². The Morgan fingerprint density at radius 1 is 1.30 bits per heavy atom. The molecule has 7 heteroatoms. The molecule has 110 valence electrons. The summed E-state index contributed by atoms with van der Waals surface area (Å²) in [6.07, 6.45) is 6.67. The average molecular weight is 316 g/mol. The van der Waals surface area contributed by atoms with Gasteiger partial charge in [0.2, 0.25) is 10.0 Å². The monoisotopic (exact) mass is 315 g/mol. The number of hydrogen-bond donors (Lipinski definition) is 1. The van der Waals surface area contributed by atoms with Crippen molar-refractivity contribution in [1.29, 1.82) is 0 Å². The second kappa shape index (κ2) is 5.16. The van der Waals surface area contributed by atoms with Gasteiger partial charge in [-0.1, -0.05) is 24.4 Å². The zero-order valence-electron chi connectivity index (χ0n) is 11.1. The van der Waals surface area contributed by atoms with Crippen molar-refractivity contribution < 1.29 is 8.42 Å². The Kier molecular flexibility index (Phi) is 3.64. The molecule has 1 saturated heterocycles. The molecule has 0 radical (unpaired) electrons. The molecule has 1 aliphatic carbocycles. The minimum Gasteiger partial charge on any atom is -0.382 e. The van der Waals surface area contributed by atoms with E-state index in [1.54, 1.807) is 4.31 Å². The maximum atomic E-state index is 12.7. The number of fused-ring (bicyclic) bond motifs is 1. The lowest BCUT2D eigenvalue weighted by Crippen LogP contribution is -2.39. The molecule has 1 saturated carbocycles. The second-order valence-corrected chi connectivity index (χ2v) is 7.85. The summed E-state index contributed by atoms with van der Waals surface area (Å²) in [4.78, 5) is 4.00. The van der Waals surface area contributed by atoms with Gasteiger partial charge in [0.25, 0.3) is 0 Å². The van der Waals surface area contributed by atoms with E-state index in [1.807, 2.05) is 0 Å². The Bertz CT molecular complexity index is 620. The van der Waals surface area contributed by atoms with Crippen molar-refractivity contribution in [2.75, 3.05) is 12.3 Å². The molecule has 3 rings (SSSR count). The number of halogens is 1. The van der Waals surface area contributed by atoms with Gasteiger partial charge in [-0.15, -0.1) is 0 Å². The van der Waals surface area contributed by atoms with Crippen LogP contribution in [-0.2, 0) is 10.0 Å². The van der Waals surface area contributed by atoms with Crippen LogP contribution in [0.25, 0.3) is 0 Å². The smallest absolute Gasteiger partial charge is 0.244 e. The minimum atomic E-state index is -3.52. The molecule has 0 spiro atoms. The van der Waals surface area contributed by atoms with Crippen molar-refractivity contribution in [3.63, 3.8) is 0 Å². The molecule has 0 aromatic carbocycles. The topological polar surface area (TPSA) is 76.3 Å². The fourth-order valence-electron chi connectivity index (χ4n) is 3.37. The number of pyridine rings is 1. The van der Waals surface area contributed by atoms with Crippen molar-refractivity contribution >= 4 is 27.4 Å². The Hall–Kier alpha value is -0.850. The third kappa shape index (κ3) is 2.29. The molecule has 2 heterocycles.